The minimum absolute atomic E-state index is 0.00939. The smallest absolute Gasteiger partial charge is 0.340 e. The zero-order chi connectivity index (χ0) is 43.1. The molecule has 314 valence electrons. The van der Waals surface area contributed by atoms with Gasteiger partial charge in [-0.3, -0.25) is 14.4 Å². The SMILES string of the molecule is CCOC(=O)c1c(C)[nH]c2c1c1c(O)c3c(O)c(C)c4c(c32)C(=O)C(C)(O/C=C\C(OC)C(C)C(OC(C)=O)C(C)C(O)C(C)C(O)C(C)/C=C/C=C(\C)C(=O)N1)O4. The van der Waals surface area contributed by atoms with E-state index in [1.165, 1.54) is 53.2 Å². The fraction of sp³-hybridized carbons (Fsp3) is 0.488. The molecule has 15 nitrogen and oxygen atoms in total. The highest BCUT2D eigenvalue weighted by atomic mass is 16.7. The van der Waals surface area contributed by atoms with Crippen LogP contribution in [-0.4, -0.2) is 93.0 Å². The number of ketones is 1. The van der Waals surface area contributed by atoms with Gasteiger partial charge in [-0.25, -0.2) is 4.79 Å². The summed E-state index contributed by atoms with van der Waals surface area (Å²) in [4.78, 5) is 57.3. The Morgan fingerprint density at radius 2 is 1.60 bits per heavy atom. The summed E-state index contributed by atoms with van der Waals surface area (Å²) in [6.07, 6.45) is 3.56. The van der Waals surface area contributed by atoms with E-state index in [9.17, 15) is 39.6 Å². The zero-order valence-electron chi connectivity index (χ0n) is 34.7. The predicted molar refractivity (Wildman–Crippen MR) is 215 cm³/mol. The van der Waals surface area contributed by atoms with E-state index in [1.54, 1.807) is 53.7 Å². The first-order valence-electron chi connectivity index (χ1n) is 19.3. The number of amides is 1. The number of aryl methyl sites for hydroxylation is 1. The van der Waals surface area contributed by atoms with E-state index in [0.717, 1.165) is 0 Å². The van der Waals surface area contributed by atoms with Crippen molar-refractivity contribution in [3.8, 4) is 17.2 Å². The molecule has 2 aliphatic heterocycles. The highest BCUT2D eigenvalue weighted by molar-refractivity contribution is 6.31. The van der Waals surface area contributed by atoms with Gasteiger partial charge in [-0.05, 0) is 33.8 Å². The zero-order valence-corrected chi connectivity index (χ0v) is 34.7. The summed E-state index contributed by atoms with van der Waals surface area (Å²) in [5, 5.41) is 49.1. The number of aromatic amines is 1. The molecule has 9 atom stereocenters. The number of aromatic hydroxyl groups is 2. The van der Waals surface area contributed by atoms with Gasteiger partial charge in [0.05, 0.1) is 58.9 Å². The number of aliphatic hydroxyl groups excluding tert-OH is 2. The lowest BCUT2D eigenvalue weighted by atomic mass is 9.78. The first-order valence-corrected chi connectivity index (χ1v) is 19.3. The summed E-state index contributed by atoms with van der Waals surface area (Å²) in [5.74, 6) is -8.35. The lowest BCUT2D eigenvalue weighted by molar-refractivity contribution is -0.160. The Balaban J connectivity index is 1.78. The topological polar surface area (TPSA) is 223 Å². The van der Waals surface area contributed by atoms with Crippen LogP contribution in [0.5, 0.6) is 17.2 Å². The number of aromatic nitrogens is 1. The second-order valence-corrected chi connectivity index (χ2v) is 15.5. The highest BCUT2D eigenvalue weighted by Gasteiger charge is 2.50. The van der Waals surface area contributed by atoms with Gasteiger partial charge in [0.2, 0.25) is 0 Å². The summed E-state index contributed by atoms with van der Waals surface area (Å²) < 4.78 is 29.1. The molecular formula is C43H54N2O13. The number of fused-ring (bicyclic) bond motifs is 1. The molecule has 6 N–H and O–H groups in total. The number of carbonyl (C=O) groups is 4. The molecule has 1 amide bonds. The van der Waals surface area contributed by atoms with Crippen LogP contribution in [0.1, 0.15) is 87.4 Å². The van der Waals surface area contributed by atoms with E-state index >= 15 is 0 Å². The molecule has 3 aromatic rings. The van der Waals surface area contributed by atoms with Crippen molar-refractivity contribution < 1.29 is 63.3 Å². The summed E-state index contributed by atoms with van der Waals surface area (Å²) in [6.45, 7) is 15.8. The molecule has 0 radical (unpaired) electrons. The normalized spacial score (nSPS) is 30.3. The van der Waals surface area contributed by atoms with Gasteiger partial charge in [0, 0.05) is 72.2 Å². The third kappa shape index (κ3) is 7.65. The van der Waals surface area contributed by atoms with Crippen molar-refractivity contribution in [1.29, 1.82) is 0 Å². The quantitative estimate of drug-likeness (QED) is 0.131. The molecule has 0 spiro atoms. The maximum Gasteiger partial charge on any atom is 0.340 e. The van der Waals surface area contributed by atoms with Crippen LogP contribution in [0.3, 0.4) is 0 Å². The molecular weight excluding hydrogens is 752 g/mol. The van der Waals surface area contributed by atoms with E-state index in [-0.39, 0.29) is 62.0 Å². The fourth-order valence-electron chi connectivity index (χ4n) is 8.01. The van der Waals surface area contributed by atoms with Gasteiger partial charge in [0.15, 0.2) is 5.75 Å². The maximum absolute atomic E-state index is 14.6. The van der Waals surface area contributed by atoms with Gasteiger partial charge in [0.25, 0.3) is 11.7 Å². The summed E-state index contributed by atoms with van der Waals surface area (Å²) >= 11 is 0. The molecule has 1 aromatic heterocycles. The Morgan fingerprint density at radius 1 is 0.931 bits per heavy atom. The second kappa shape index (κ2) is 16.8. The van der Waals surface area contributed by atoms with E-state index in [1.807, 2.05) is 0 Å². The number of carbonyl (C=O) groups excluding carboxylic acids is 4. The molecule has 2 aromatic carbocycles. The highest BCUT2D eigenvalue weighted by Crippen LogP contribution is 2.54. The van der Waals surface area contributed by atoms with Crippen molar-refractivity contribution in [2.45, 2.75) is 99.4 Å². The van der Waals surface area contributed by atoms with Crippen LogP contribution < -0.4 is 10.1 Å². The standard InChI is InChI=1S/C43H54N2O13/c1-12-55-42(53)27-24(8)44-32-28-30-36(49)23(7)39-31(28)40(51)43(10,58-39)56-17-16-26(54-11)20(4)38(57-25(9)46)22(6)35(48)21(5)34(47)18(2)14-13-15-19(3)41(52)45-33(29(27)32)37(30)50/h13-18,20-22,26,34-35,38,44,47-50H,12H2,1-11H3,(H,45,52)/b14-13+,17-16-,19-15+. The van der Waals surface area contributed by atoms with Crippen molar-refractivity contribution in [2.24, 2.45) is 23.7 Å². The van der Waals surface area contributed by atoms with Crippen LogP contribution in [0.4, 0.5) is 5.69 Å². The Kier molecular flexibility index (Phi) is 12.7. The Labute approximate surface area is 336 Å². The van der Waals surface area contributed by atoms with Crippen LogP contribution >= 0.6 is 0 Å². The fourth-order valence-corrected chi connectivity index (χ4v) is 8.01. The minimum Gasteiger partial charge on any atom is -0.507 e. The van der Waals surface area contributed by atoms with Gasteiger partial charge in [-0.15, -0.1) is 0 Å². The largest absolute Gasteiger partial charge is 0.507 e. The molecule has 0 fully saturated rings. The van der Waals surface area contributed by atoms with E-state index in [0.29, 0.717) is 5.69 Å². The second-order valence-electron chi connectivity index (χ2n) is 15.5. The minimum atomic E-state index is -2.02. The van der Waals surface area contributed by atoms with E-state index < -0.39 is 89.0 Å². The first-order chi connectivity index (χ1) is 27.2. The lowest BCUT2D eigenvalue weighted by Crippen LogP contribution is -2.46. The number of rotatable bonds is 4. The molecule has 9 unspecified atom stereocenters. The number of anilines is 1. The third-order valence-corrected chi connectivity index (χ3v) is 11.4. The molecule has 3 heterocycles. The molecule has 15 heteroatoms. The average Bonchev–Trinajstić information content (AvgIpc) is 3.66. The van der Waals surface area contributed by atoms with E-state index in [2.05, 4.69) is 10.3 Å². The van der Waals surface area contributed by atoms with Gasteiger partial charge < -0.3 is 54.4 Å². The molecule has 0 aliphatic carbocycles. The molecule has 58 heavy (non-hydrogen) atoms. The van der Waals surface area contributed by atoms with Crippen molar-refractivity contribution in [1.82, 2.24) is 4.98 Å². The lowest BCUT2D eigenvalue weighted by Gasteiger charge is -2.38. The van der Waals surface area contributed by atoms with Crippen LogP contribution in [0.25, 0.3) is 21.7 Å². The van der Waals surface area contributed by atoms with Crippen LogP contribution in [-0.2, 0) is 28.5 Å². The number of hydrogen-bond acceptors (Lipinski definition) is 13. The monoisotopic (exact) mass is 806 g/mol. The number of esters is 2. The van der Waals surface area contributed by atoms with Gasteiger partial charge >= 0.3 is 17.7 Å². The number of methoxy groups -OCH3 is 1. The summed E-state index contributed by atoms with van der Waals surface area (Å²) in [7, 11) is 1.44. The molecule has 2 aliphatic rings. The van der Waals surface area contributed by atoms with Crippen molar-refractivity contribution in [2.75, 3.05) is 19.0 Å². The van der Waals surface area contributed by atoms with Crippen LogP contribution in [0, 0.1) is 37.5 Å². The number of Topliss-reactive ketones (excluding diaryl/α,β-unsaturated/α-hetero) is 1. The van der Waals surface area contributed by atoms with Crippen molar-refractivity contribution >= 4 is 51.0 Å². The van der Waals surface area contributed by atoms with Crippen LogP contribution in [0.2, 0.25) is 0 Å². The predicted octanol–water partition coefficient (Wildman–Crippen LogP) is 6.01. The van der Waals surface area contributed by atoms with Crippen molar-refractivity contribution in [3.05, 3.63) is 58.5 Å². The molecule has 0 saturated carbocycles. The van der Waals surface area contributed by atoms with E-state index in [4.69, 9.17) is 23.7 Å². The Morgan fingerprint density at radius 3 is 2.22 bits per heavy atom. The Bertz CT molecular complexity index is 2240. The number of allylic oxidation sites excluding steroid dienone is 2. The third-order valence-electron chi connectivity index (χ3n) is 11.4. The number of H-pyrrole nitrogens is 1. The first kappa shape index (κ1) is 43.7. The number of hydrogen-bond donors (Lipinski definition) is 6. The van der Waals surface area contributed by atoms with Gasteiger partial charge in [-0.1, -0.05) is 45.9 Å². The number of ether oxygens (including phenoxy) is 5. The molecule has 0 saturated heterocycles. The number of aliphatic hydroxyl groups is 2. The van der Waals surface area contributed by atoms with Crippen molar-refractivity contribution in [3.63, 3.8) is 0 Å². The number of nitrogens with one attached hydrogen (secondary N) is 2. The number of phenolic OH excluding ortho intramolecular Hbond substituents is 2. The molecule has 5 rings (SSSR count). The average molecular weight is 807 g/mol. The summed E-state index contributed by atoms with van der Waals surface area (Å²) in [5.41, 5.74) is 0.365. The Hall–Kier alpha value is -5.38. The van der Waals surface area contributed by atoms with Crippen LogP contribution in [0.15, 0.2) is 36.1 Å². The number of phenols is 2. The van der Waals surface area contributed by atoms with Gasteiger partial charge in [-0.2, -0.15) is 0 Å². The maximum atomic E-state index is 14.6. The number of benzene rings is 2. The molecule has 4 bridgehead atoms. The summed E-state index contributed by atoms with van der Waals surface area (Å²) in [6, 6.07) is 0. The van der Waals surface area contributed by atoms with Gasteiger partial charge in [0.1, 0.15) is 17.6 Å².